The van der Waals surface area contributed by atoms with E-state index in [2.05, 4.69) is 27.1 Å². The van der Waals surface area contributed by atoms with Crippen molar-refractivity contribution < 1.29 is 14.3 Å². The molecule has 29 heavy (non-hydrogen) atoms. The number of aryl methyl sites for hydroxylation is 1. The SMILES string of the molecule is CCn1c(CNC(=O)CCCNC(=O)OCc2ccccc2)nc2ccccc21. The van der Waals surface area contributed by atoms with Gasteiger partial charge in [-0.25, -0.2) is 9.78 Å². The average Bonchev–Trinajstić information content (AvgIpc) is 3.12. The summed E-state index contributed by atoms with van der Waals surface area (Å²) in [5, 5.41) is 5.56. The number of imidazole rings is 1. The van der Waals surface area contributed by atoms with Gasteiger partial charge in [-0.3, -0.25) is 4.79 Å². The smallest absolute Gasteiger partial charge is 0.407 e. The summed E-state index contributed by atoms with van der Waals surface area (Å²) >= 11 is 0. The van der Waals surface area contributed by atoms with Crippen LogP contribution in [0.15, 0.2) is 54.6 Å². The third-order valence-electron chi connectivity index (χ3n) is 4.56. The number of hydrogen-bond donors (Lipinski definition) is 2. The first-order valence-corrected chi connectivity index (χ1v) is 9.82. The van der Waals surface area contributed by atoms with Crippen molar-refractivity contribution in [3.05, 3.63) is 66.0 Å². The van der Waals surface area contributed by atoms with Crippen LogP contribution in [-0.2, 0) is 29.2 Å². The second kappa shape index (κ2) is 10.3. The molecule has 0 spiro atoms. The fourth-order valence-electron chi connectivity index (χ4n) is 3.09. The molecular weight excluding hydrogens is 368 g/mol. The predicted octanol–water partition coefficient (Wildman–Crippen LogP) is 3.38. The lowest BCUT2D eigenvalue weighted by Crippen LogP contribution is -2.28. The van der Waals surface area contributed by atoms with Crippen LogP contribution < -0.4 is 10.6 Å². The molecule has 2 amide bonds. The third-order valence-corrected chi connectivity index (χ3v) is 4.56. The Kier molecular flexibility index (Phi) is 7.22. The molecule has 2 N–H and O–H groups in total. The summed E-state index contributed by atoms with van der Waals surface area (Å²) < 4.78 is 7.23. The number of alkyl carbamates (subject to hydrolysis) is 1. The summed E-state index contributed by atoms with van der Waals surface area (Å²) in [5.74, 6) is 0.767. The van der Waals surface area contributed by atoms with E-state index < -0.39 is 6.09 Å². The van der Waals surface area contributed by atoms with E-state index in [1.54, 1.807) is 0 Å². The Morgan fingerprint density at radius 1 is 1.03 bits per heavy atom. The van der Waals surface area contributed by atoms with Gasteiger partial charge in [-0.05, 0) is 31.0 Å². The molecule has 0 saturated carbocycles. The monoisotopic (exact) mass is 394 g/mol. The van der Waals surface area contributed by atoms with Crippen molar-refractivity contribution >= 4 is 23.0 Å². The van der Waals surface area contributed by atoms with E-state index in [4.69, 9.17) is 4.74 Å². The number of para-hydroxylation sites is 2. The summed E-state index contributed by atoms with van der Waals surface area (Å²) in [6.07, 6.45) is 0.382. The molecule has 0 unspecified atom stereocenters. The van der Waals surface area contributed by atoms with Crippen molar-refractivity contribution in [2.45, 2.75) is 39.5 Å². The summed E-state index contributed by atoms with van der Waals surface area (Å²) in [6, 6.07) is 17.4. The van der Waals surface area contributed by atoms with Crippen LogP contribution in [0.3, 0.4) is 0 Å². The maximum Gasteiger partial charge on any atom is 0.407 e. The molecule has 7 heteroatoms. The Hall–Kier alpha value is -3.35. The van der Waals surface area contributed by atoms with E-state index in [1.807, 2.05) is 54.6 Å². The predicted molar refractivity (Wildman–Crippen MR) is 111 cm³/mol. The van der Waals surface area contributed by atoms with Crippen molar-refractivity contribution in [2.75, 3.05) is 6.54 Å². The number of nitrogens with one attached hydrogen (secondary N) is 2. The molecule has 1 heterocycles. The Labute approximate surface area is 170 Å². The molecule has 0 aliphatic carbocycles. The zero-order valence-electron chi connectivity index (χ0n) is 16.6. The fraction of sp³-hybridized carbons (Fsp3) is 0.318. The molecule has 0 atom stereocenters. The summed E-state index contributed by atoms with van der Waals surface area (Å²) in [4.78, 5) is 28.4. The maximum absolute atomic E-state index is 12.1. The number of benzene rings is 2. The first kappa shape index (κ1) is 20.4. The van der Waals surface area contributed by atoms with Gasteiger partial charge in [-0.15, -0.1) is 0 Å². The number of amides is 2. The highest BCUT2D eigenvalue weighted by atomic mass is 16.5. The Balaban J connectivity index is 1.35. The van der Waals surface area contributed by atoms with E-state index in [1.165, 1.54) is 0 Å². The van der Waals surface area contributed by atoms with Crippen LogP contribution in [0, 0.1) is 0 Å². The molecule has 0 aliphatic rings. The van der Waals surface area contributed by atoms with Gasteiger partial charge >= 0.3 is 6.09 Å². The highest BCUT2D eigenvalue weighted by Gasteiger charge is 2.10. The molecule has 7 nitrogen and oxygen atoms in total. The maximum atomic E-state index is 12.1. The van der Waals surface area contributed by atoms with Gasteiger partial charge in [0.25, 0.3) is 0 Å². The van der Waals surface area contributed by atoms with Gasteiger partial charge < -0.3 is 19.9 Å². The van der Waals surface area contributed by atoms with Crippen molar-refractivity contribution in [3.8, 4) is 0 Å². The molecule has 0 radical (unpaired) electrons. The van der Waals surface area contributed by atoms with Gasteiger partial charge in [0, 0.05) is 19.5 Å². The van der Waals surface area contributed by atoms with E-state index in [-0.39, 0.29) is 12.5 Å². The van der Waals surface area contributed by atoms with Gasteiger partial charge in [0.2, 0.25) is 5.91 Å². The first-order chi connectivity index (χ1) is 14.2. The minimum absolute atomic E-state index is 0.0702. The van der Waals surface area contributed by atoms with E-state index in [0.29, 0.717) is 25.9 Å². The number of nitrogens with zero attached hydrogens (tertiary/aromatic N) is 2. The lowest BCUT2D eigenvalue weighted by Gasteiger charge is -2.09. The molecule has 3 rings (SSSR count). The normalized spacial score (nSPS) is 10.7. The van der Waals surface area contributed by atoms with E-state index in [9.17, 15) is 9.59 Å². The molecule has 1 aromatic heterocycles. The molecule has 0 bridgehead atoms. The standard InChI is InChI=1S/C22H26N4O3/c1-2-26-19-12-7-6-11-18(19)25-20(26)15-24-21(27)13-8-14-23-22(28)29-16-17-9-4-3-5-10-17/h3-7,9-12H,2,8,13-16H2,1H3,(H,23,28)(H,24,27). The van der Waals surface area contributed by atoms with Crippen LogP contribution in [0.1, 0.15) is 31.2 Å². The van der Waals surface area contributed by atoms with Gasteiger partial charge in [0.05, 0.1) is 17.6 Å². The zero-order chi connectivity index (χ0) is 20.5. The average molecular weight is 394 g/mol. The molecule has 0 aliphatic heterocycles. The first-order valence-electron chi connectivity index (χ1n) is 9.82. The van der Waals surface area contributed by atoms with Crippen molar-refractivity contribution in [3.63, 3.8) is 0 Å². The van der Waals surface area contributed by atoms with Crippen LogP contribution >= 0.6 is 0 Å². The van der Waals surface area contributed by atoms with Gasteiger partial charge in [-0.1, -0.05) is 42.5 Å². The highest BCUT2D eigenvalue weighted by molar-refractivity contribution is 5.77. The van der Waals surface area contributed by atoms with E-state index >= 15 is 0 Å². The topological polar surface area (TPSA) is 85.2 Å². The molecule has 0 saturated heterocycles. The minimum atomic E-state index is -0.481. The number of hydrogen-bond acceptors (Lipinski definition) is 4. The van der Waals surface area contributed by atoms with Gasteiger partial charge in [0.15, 0.2) is 0 Å². The Bertz CT molecular complexity index is 953. The number of fused-ring (bicyclic) bond motifs is 1. The second-order valence-corrected chi connectivity index (χ2v) is 6.63. The lowest BCUT2D eigenvalue weighted by molar-refractivity contribution is -0.121. The number of ether oxygens (including phenoxy) is 1. The zero-order valence-corrected chi connectivity index (χ0v) is 16.6. The van der Waals surface area contributed by atoms with Crippen molar-refractivity contribution in [1.82, 2.24) is 20.2 Å². The summed E-state index contributed by atoms with van der Waals surface area (Å²) in [7, 11) is 0. The number of rotatable bonds is 9. The molecule has 0 fully saturated rings. The van der Waals surface area contributed by atoms with Gasteiger partial charge in [-0.2, -0.15) is 0 Å². The highest BCUT2D eigenvalue weighted by Crippen LogP contribution is 2.15. The van der Waals surface area contributed by atoms with Crippen LogP contribution in [0.2, 0.25) is 0 Å². The molecular formula is C22H26N4O3. The summed E-state index contributed by atoms with van der Waals surface area (Å²) in [6.45, 7) is 3.84. The number of carbonyl (C=O) groups excluding carboxylic acids is 2. The Morgan fingerprint density at radius 3 is 2.59 bits per heavy atom. The van der Waals surface area contributed by atoms with Gasteiger partial charge in [0.1, 0.15) is 12.4 Å². The fourth-order valence-corrected chi connectivity index (χ4v) is 3.09. The van der Waals surface area contributed by atoms with Crippen LogP contribution in [-0.4, -0.2) is 28.1 Å². The van der Waals surface area contributed by atoms with Crippen molar-refractivity contribution in [2.24, 2.45) is 0 Å². The molecule has 2 aromatic carbocycles. The molecule has 152 valence electrons. The number of carbonyl (C=O) groups is 2. The Morgan fingerprint density at radius 2 is 1.79 bits per heavy atom. The van der Waals surface area contributed by atoms with Crippen LogP contribution in [0.4, 0.5) is 4.79 Å². The third kappa shape index (κ3) is 5.81. The van der Waals surface area contributed by atoms with E-state index in [0.717, 1.165) is 29.0 Å². The quantitative estimate of drug-likeness (QED) is 0.545. The second-order valence-electron chi connectivity index (χ2n) is 6.63. The number of aromatic nitrogens is 2. The van der Waals surface area contributed by atoms with Crippen molar-refractivity contribution in [1.29, 1.82) is 0 Å². The molecule has 3 aromatic rings. The minimum Gasteiger partial charge on any atom is -0.445 e. The van der Waals surface area contributed by atoms with Crippen LogP contribution in [0.5, 0.6) is 0 Å². The van der Waals surface area contributed by atoms with Crippen LogP contribution in [0.25, 0.3) is 11.0 Å². The lowest BCUT2D eigenvalue weighted by atomic mass is 10.2. The largest absolute Gasteiger partial charge is 0.445 e. The summed E-state index contributed by atoms with van der Waals surface area (Å²) in [5.41, 5.74) is 2.93.